The first-order valence-corrected chi connectivity index (χ1v) is 17.8. The number of fused-ring (bicyclic) bond motifs is 10. The second-order valence-corrected chi connectivity index (χ2v) is 14.9. The number of allylic oxidation sites excluding steroid dienone is 1. The molecule has 0 amide bonds. The van der Waals surface area contributed by atoms with E-state index in [0.29, 0.717) is 0 Å². The summed E-state index contributed by atoms with van der Waals surface area (Å²) in [6.07, 6.45) is 10.2. The van der Waals surface area contributed by atoms with Gasteiger partial charge in [0.2, 0.25) is 0 Å². The van der Waals surface area contributed by atoms with Crippen molar-refractivity contribution in [3.63, 3.8) is 0 Å². The topological polar surface area (TPSA) is 64.4 Å². The minimum absolute atomic E-state index is 0.0794. The molecule has 2 fully saturated rings. The molecule has 4 aliphatic rings. The number of carbonyl (C=O) groups is 1. The lowest BCUT2D eigenvalue weighted by Crippen LogP contribution is -2.53. The highest BCUT2D eigenvalue weighted by atomic mass is 16.5. The zero-order valence-corrected chi connectivity index (χ0v) is 28.1. The number of hydrogen-bond acceptors (Lipinski definition) is 4. The Morgan fingerprint density at radius 1 is 1.02 bits per heavy atom. The molecule has 2 aromatic heterocycles. The number of piperidine rings is 2. The fourth-order valence-corrected chi connectivity index (χ4v) is 10.0. The van der Waals surface area contributed by atoms with E-state index in [9.17, 15) is 4.79 Å². The minimum atomic E-state index is -0.195. The van der Waals surface area contributed by atoms with E-state index in [-0.39, 0.29) is 29.8 Å². The Bertz CT molecular complexity index is 1800. The summed E-state index contributed by atoms with van der Waals surface area (Å²) < 4.78 is 5.53. The van der Waals surface area contributed by atoms with Crippen LogP contribution in [0.25, 0.3) is 21.8 Å². The van der Waals surface area contributed by atoms with Crippen LogP contribution in [0.3, 0.4) is 0 Å². The molecule has 1 aliphatic carbocycles. The molecule has 6 heteroatoms. The van der Waals surface area contributed by atoms with Gasteiger partial charge >= 0.3 is 5.97 Å². The Labute approximate surface area is 273 Å². The van der Waals surface area contributed by atoms with E-state index in [0.717, 1.165) is 50.6 Å². The molecule has 2 saturated heterocycles. The molecule has 4 aromatic rings. The van der Waals surface area contributed by atoms with Gasteiger partial charge in [-0.05, 0) is 99.1 Å². The van der Waals surface area contributed by atoms with Gasteiger partial charge < -0.3 is 19.6 Å². The molecule has 0 radical (unpaired) electrons. The number of para-hydroxylation sites is 1. The van der Waals surface area contributed by atoms with Gasteiger partial charge in [0.25, 0.3) is 0 Å². The number of nitrogens with zero attached hydrogens (tertiary/aromatic N) is 2. The van der Waals surface area contributed by atoms with Crippen LogP contribution in [0.15, 0.2) is 54.1 Å². The van der Waals surface area contributed by atoms with Gasteiger partial charge in [-0.15, -0.1) is 0 Å². The smallest absolute Gasteiger partial charge is 0.310 e. The molecule has 6 nitrogen and oxygen atoms in total. The molecular weight excluding hydrogens is 568 g/mol. The molecule has 3 aliphatic heterocycles. The summed E-state index contributed by atoms with van der Waals surface area (Å²) in [6.45, 7) is 9.10. The summed E-state index contributed by atoms with van der Waals surface area (Å²) >= 11 is 0. The van der Waals surface area contributed by atoms with Gasteiger partial charge in [0, 0.05) is 71.3 Å². The predicted octanol–water partition coefficient (Wildman–Crippen LogP) is 7.23. The third kappa shape index (κ3) is 5.04. The van der Waals surface area contributed by atoms with Crippen molar-refractivity contribution in [2.45, 2.75) is 70.8 Å². The number of benzene rings is 2. The third-order valence-electron chi connectivity index (χ3n) is 12.4. The number of aryl methyl sites for hydroxylation is 1. The first kappa shape index (κ1) is 30.0. The highest BCUT2D eigenvalue weighted by molar-refractivity contribution is 5.87. The molecule has 7 atom stereocenters. The number of carbonyl (C=O) groups excluding carboxylic acids is 1. The van der Waals surface area contributed by atoms with Crippen LogP contribution in [0.2, 0.25) is 0 Å². The molecule has 0 saturated carbocycles. The Morgan fingerprint density at radius 3 is 2.70 bits per heavy atom. The van der Waals surface area contributed by atoms with E-state index in [1.54, 1.807) is 7.11 Å². The number of H-pyrrole nitrogens is 2. The quantitative estimate of drug-likeness (QED) is 0.188. The number of aromatic amines is 2. The summed E-state index contributed by atoms with van der Waals surface area (Å²) in [6, 6.07) is 16.1. The maximum Gasteiger partial charge on any atom is 0.310 e. The highest BCUT2D eigenvalue weighted by Crippen LogP contribution is 2.48. The van der Waals surface area contributed by atoms with Crippen molar-refractivity contribution in [3.8, 4) is 0 Å². The molecule has 0 spiro atoms. The average molecular weight is 619 g/mol. The van der Waals surface area contributed by atoms with Crippen LogP contribution in [0.1, 0.15) is 73.5 Å². The van der Waals surface area contributed by atoms with Gasteiger partial charge in [-0.2, -0.15) is 0 Å². The van der Waals surface area contributed by atoms with Gasteiger partial charge in [-0.25, -0.2) is 0 Å². The third-order valence-corrected chi connectivity index (χ3v) is 12.4. The molecule has 8 rings (SSSR count). The molecular formula is C40H50N4O2. The summed E-state index contributed by atoms with van der Waals surface area (Å²) in [7, 11) is 3.73. The predicted molar refractivity (Wildman–Crippen MR) is 186 cm³/mol. The molecule has 242 valence electrons. The largest absolute Gasteiger partial charge is 0.469 e. The van der Waals surface area contributed by atoms with E-state index in [4.69, 9.17) is 4.74 Å². The van der Waals surface area contributed by atoms with Gasteiger partial charge in [-0.1, -0.05) is 55.3 Å². The number of likely N-dealkylation sites (tertiary alicyclic amines) is 1. The van der Waals surface area contributed by atoms with Crippen LogP contribution in [-0.4, -0.2) is 72.1 Å². The number of ether oxygens (including phenoxy) is 1. The SMILES string of the molecule is CC=C1CN(C)C2Cc3c([nH]c4ccccc34)C(c3ccc4c5c([nH]c4c3)CCC3CC(CC)CN(CC5)C3)CC1C2C(=O)OC. The lowest BCUT2D eigenvalue weighted by Gasteiger charge is -2.46. The normalized spacial score (nSPS) is 31.0. The molecule has 2 aromatic carbocycles. The zero-order valence-electron chi connectivity index (χ0n) is 28.1. The van der Waals surface area contributed by atoms with Gasteiger partial charge in [-0.3, -0.25) is 9.69 Å². The van der Waals surface area contributed by atoms with E-state index < -0.39 is 0 Å². The summed E-state index contributed by atoms with van der Waals surface area (Å²) in [5.74, 6) is 1.67. The van der Waals surface area contributed by atoms with E-state index in [2.05, 4.69) is 89.2 Å². The van der Waals surface area contributed by atoms with Crippen LogP contribution in [0, 0.1) is 23.7 Å². The van der Waals surface area contributed by atoms with Crippen LogP contribution in [-0.2, 0) is 28.8 Å². The van der Waals surface area contributed by atoms with Crippen molar-refractivity contribution in [3.05, 3.63) is 82.2 Å². The maximum absolute atomic E-state index is 13.6. The van der Waals surface area contributed by atoms with Crippen LogP contribution in [0.5, 0.6) is 0 Å². The standard InChI is InChI=1S/C40H50N4O2/c1-5-24-17-25-11-14-35-30(15-16-44(21-24)22-25)29-13-12-27(18-36(29)41-35)32-19-31-26(6-2)23-43(3)37(38(31)40(45)46-4)20-33-28-9-7-8-10-34(28)42-39(32)33/h6-10,12-13,18,24-25,31-32,37-38,41-42H,5,11,14-17,19-23H2,1-4H3. The second-order valence-electron chi connectivity index (χ2n) is 14.9. The molecule has 5 heterocycles. The van der Waals surface area contributed by atoms with Crippen molar-refractivity contribution < 1.29 is 9.53 Å². The number of rotatable bonds is 3. The van der Waals surface area contributed by atoms with Crippen LogP contribution >= 0.6 is 0 Å². The van der Waals surface area contributed by atoms with Crippen molar-refractivity contribution >= 4 is 27.8 Å². The van der Waals surface area contributed by atoms with E-state index >= 15 is 0 Å². The molecule has 7 unspecified atom stereocenters. The average Bonchev–Trinajstić information content (AvgIpc) is 3.62. The zero-order chi connectivity index (χ0) is 31.5. The fourth-order valence-electron chi connectivity index (χ4n) is 10.0. The van der Waals surface area contributed by atoms with Crippen molar-refractivity contribution in [2.24, 2.45) is 23.7 Å². The molecule has 46 heavy (non-hydrogen) atoms. The number of likely N-dealkylation sites (N-methyl/N-ethyl adjacent to an activating group) is 1. The minimum Gasteiger partial charge on any atom is -0.469 e. The molecule has 4 bridgehead atoms. The van der Waals surface area contributed by atoms with Crippen LogP contribution < -0.4 is 0 Å². The summed E-state index contributed by atoms with van der Waals surface area (Å²) in [5.41, 5.74) is 10.8. The van der Waals surface area contributed by atoms with Crippen LogP contribution in [0.4, 0.5) is 0 Å². The Morgan fingerprint density at radius 2 is 1.87 bits per heavy atom. The second kappa shape index (κ2) is 12.0. The maximum atomic E-state index is 13.6. The number of hydrogen-bond donors (Lipinski definition) is 2. The Kier molecular flexibility index (Phi) is 7.85. The number of methoxy groups -OCH3 is 1. The number of esters is 1. The van der Waals surface area contributed by atoms with Gasteiger partial charge in [0.15, 0.2) is 0 Å². The number of nitrogens with one attached hydrogen (secondary N) is 2. The Hall–Kier alpha value is -3.35. The van der Waals surface area contributed by atoms with E-state index in [1.807, 2.05) is 0 Å². The van der Waals surface area contributed by atoms with Gasteiger partial charge in [0.1, 0.15) is 0 Å². The van der Waals surface area contributed by atoms with Crippen molar-refractivity contribution in [2.75, 3.05) is 40.3 Å². The summed E-state index contributed by atoms with van der Waals surface area (Å²) in [4.78, 5) is 26.6. The highest BCUT2D eigenvalue weighted by Gasteiger charge is 2.47. The number of aromatic nitrogens is 2. The van der Waals surface area contributed by atoms with E-state index in [1.165, 1.54) is 87.8 Å². The van der Waals surface area contributed by atoms with Crippen molar-refractivity contribution in [1.82, 2.24) is 19.8 Å². The monoisotopic (exact) mass is 618 g/mol. The molecule has 2 N–H and O–H groups in total. The van der Waals surface area contributed by atoms with Crippen molar-refractivity contribution in [1.29, 1.82) is 0 Å². The Balaban J connectivity index is 1.23. The first-order valence-electron chi connectivity index (χ1n) is 17.8. The first-order chi connectivity index (χ1) is 22.4. The fraction of sp³-hybridized carbons (Fsp3) is 0.525. The van der Waals surface area contributed by atoms with Gasteiger partial charge in [0.05, 0.1) is 13.0 Å². The lowest BCUT2D eigenvalue weighted by molar-refractivity contribution is -0.151. The summed E-state index contributed by atoms with van der Waals surface area (Å²) in [5, 5.41) is 2.67. The lowest BCUT2D eigenvalue weighted by atomic mass is 9.67.